The molecule has 1 N–H and O–H groups in total. The SMILES string of the molecule is C=CC(C)(CNC(C)(C)C)Cc1ccccc1Cl. The van der Waals surface area contributed by atoms with Crippen molar-refractivity contribution in [2.24, 2.45) is 5.41 Å². The Bertz CT molecular complexity index is 406. The van der Waals surface area contributed by atoms with Crippen molar-refractivity contribution in [1.82, 2.24) is 5.32 Å². The molecule has 1 rings (SSSR count). The van der Waals surface area contributed by atoms with Gasteiger partial charge in [0.1, 0.15) is 0 Å². The third-order valence-corrected chi connectivity index (χ3v) is 3.44. The Kier molecular flexibility index (Phi) is 5.01. The van der Waals surface area contributed by atoms with Crippen LogP contribution in [0.15, 0.2) is 36.9 Å². The van der Waals surface area contributed by atoms with Crippen molar-refractivity contribution >= 4 is 11.6 Å². The highest BCUT2D eigenvalue weighted by molar-refractivity contribution is 6.31. The largest absolute Gasteiger partial charge is 0.311 e. The predicted molar refractivity (Wildman–Crippen MR) is 81.2 cm³/mol. The summed E-state index contributed by atoms with van der Waals surface area (Å²) in [6.45, 7) is 13.6. The van der Waals surface area contributed by atoms with E-state index in [1.807, 2.05) is 24.3 Å². The highest BCUT2D eigenvalue weighted by Gasteiger charge is 2.24. The van der Waals surface area contributed by atoms with E-state index in [1.165, 1.54) is 5.56 Å². The summed E-state index contributed by atoms with van der Waals surface area (Å²) in [6.07, 6.45) is 2.92. The van der Waals surface area contributed by atoms with Gasteiger partial charge in [-0.1, -0.05) is 42.8 Å². The van der Waals surface area contributed by atoms with Crippen LogP contribution in [0.25, 0.3) is 0 Å². The van der Waals surface area contributed by atoms with Gasteiger partial charge in [-0.25, -0.2) is 0 Å². The first-order valence-corrected chi connectivity index (χ1v) is 6.76. The maximum atomic E-state index is 6.22. The molecule has 0 saturated heterocycles. The molecular weight excluding hydrogens is 242 g/mol. The molecule has 1 atom stereocenters. The molecule has 18 heavy (non-hydrogen) atoms. The lowest BCUT2D eigenvalue weighted by Gasteiger charge is -2.31. The second kappa shape index (κ2) is 5.90. The summed E-state index contributed by atoms with van der Waals surface area (Å²) >= 11 is 6.22. The Morgan fingerprint density at radius 1 is 1.22 bits per heavy atom. The van der Waals surface area contributed by atoms with Crippen LogP contribution in [0.3, 0.4) is 0 Å². The van der Waals surface area contributed by atoms with E-state index in [0.717, 1.165) is 18.0 Å². The van der Waals surface area contributed by atoms with E-state index in [0.29, 0.717) is 0 Å². The zero-order valence-electron chi connectivity index (χ0n) is 11.9. The number of hydrogen-bond acceptors (Lipinski definition) is 1. The summed E-state index contributed by atoms with van der Waals surface area (Å²) in [5, 5.41) is 4.37. The van der Waals surface area contributed by atoms with Gasteiger partial charge < -0.3 is 5.32 Å². The van der Waals surface area contributed by atoms with E-state index >= 15 is 0 Å². The molecule has 1 nitrogen and oxygen atoms in total. The van der Waals surface area contributed by atoms with E-state index in [1.54, 1.807) is 0 Å². The fourth-order valence-electron chi connectivity index (χ4n) is 1.75. The van der Waals surface area contributed by atoms with Crippen LogP contribution in [0.4, 0.5) is 0 Å². The molecule has 0 radical (unpaired) electrons. The molecule has 2 heteroatoms. The van der Waals surface area contributed by atoms with Gasteiger partial charge in [0.25, 0.3) is 0 Å². The van der Waals surface area contributed by atoms with Crippen LogP contribution in [0.1, 0.15) is 33.3 Å². The Balaban J connectivity index is 2.77. The lowest BCUT2D eigenvalue weighted by Crippen LogP contribution is -2.43. The Hall–Kier alpha value is -0.790. The molecular formula is C16H24ClN. The maximum Gasteiger partial charge on any atom is 0.0438 e. The molecule has 0 amide bonds. The van der Waals surface area contributed by atoms with Crippen molar-refractivity contribution in [3.8, 4) is 0 Å². The van der Waals surface area contributed by atoms with Crippen LogP contribution in [-0.2, 0) is 6.42 Å². The van der Waals surface area contributed by atoms with Gasteiger partial charge >= 0.3 is 0 Å². The molecule has 0 heterocycles. The normalized spacial score (nSPS) is 15.2. The van der Waals surface area contributed by atoms with Gasteiger partial charge in [0.05, 0.1) is 0 Å². The molecule has 1 unspecified atom stereocenters. The quantitative estimate of drug-likeness (QED) is 0.775. The summed E-state index contributed by atoms with van der Waals surface area (Å²) in [4.78, 5) is 0. The van der Waals surface area contributed by atoms with Gasteiger partial charge in [-0.2, -0.15) is 0 Å². The van der Waals surface area contributed by atoms with Crippen molar-refractivity contribution in [2.75, 3.05) is 6.54 Å². The molecule has 100 valence electrons. The highest BCUT2D eigenvalue weighted by Crippen LogP contribution is 2.27. The minimum atomic E-state index is 0.0122. The van der Waals surface area contributed by atoms with E-state index in [9.17, 15) is 0 Å². The molecule has 0 aliphatic rings. The van der Waals surface area contributed by atoms with Crippen LogP contribution in [-0.4, -0.2) is 12.1 Å². The lowest BCUT2D eigenvalue weighted by molar-refractivity contribution is 0.322. The zero-order chi connectivity index (χ0) is 13.8. The third-order valence-electron chi connectivity index (χ3n) is 3.07. The Morgan fingerprint density at radius 3 is 2.33 bits per heavy atom. The Morgan fingerprint density at radius 2 is 1.83 bits per heavy atom. The number of nitrogens with one attached hydrogen (secondary N) is 1. The maximum absolute atomic E-state index is 6.22. The molecule has 0 aliphatic carbocycles. The minimum Gasteiger partial charge on any atom is -0.311 e. The first-order valence-electron chi connectivity index (χ1n) is 6.38. The molecule has 0 spiro atoms. The monoisotopic (exact) mass is 265 g/mol. The molecule has 0 saturated carbocycles. The highest BCUT2D eigenvalue weighted by atomic mass is 35.5. The number of hydrogen-bond donors (Lipinski definition) is 1. The first kappa shape index (κ1) is 15.3. The molecule has 1 aromatic carbocycles. The average Bonchev–Trinajstić information content (AvgIpc) is 2.29. The van der Waals surface area contributed by atoms with Crippen LogP contribution >= 0.6 is 11.6 Å². The predicted octanol–water partition coefficient (Wildman–Crippen LogP) is 4.46. The fraction of sp³-hybridized carbons (Fsp3) is 0.500. The average molecular weight is 266 g/mol. The molecule has 0 aromatic heterocycles. The van der Waals surface area contributed by atoms with Crippen molar-refractivity contribution in [3.05, 3.63) is 47.5 Å². The molecule has 0 bridgehead atoms. The molecule has 0 aliphatic heterocycles. The zero-order valence-corrected chi connectivity index (χ0v) is 12.6. The van der Waals surface area contributed by atoms with Crippen molar-refractivity contribution in [3.63, 3.8) is 0 Å². The summed E-state index contributed by atoms with van der Waals surface area (Å²) in [7, 11) is 0. The number of benzene rings is 1. The smallest absolute Gasteiger partial charge is 0.0438 e. The van der Waals surface area contributed by atoms with Gasteiger partial charge in [-0.15, -0.1) is 6.58 Å². The van der Waals surface area contributed by atoms with Crippen molar-refractivity contribution in [1.29, 1.82) is 0 Å². The van der Waals surface area contributed by atoms with Gasteiger partial charge in [-0.3, -0.25) is 0 Å². The van der Waals surface area contributed by atoms with Gasteiger partial charge in [0, 0.05) is 22.5 Å². The summed E-state index contributed by atoms with van der Waals surface area (Å²) in [6, 6.07) is 8.02. The van der Waals surface area contributed by atoms with E-state index < -0.39 is 0 Å². The van der Waals surface area contributed by atoms with Gasteiger partial charge in [0.2, 0.25) is 0 Å². The molecule has 0 fully saturated rings. The summed E-state index contributed by atoms with van der Waals surface area (Å²) < 4.78 is 0. The number of halogens is 1. The summed E-state index contributed by atoms with van der Waals surface area (Å²) in [5.41, 5.74) is 1.31. The van der Waals surface area contributed by atoms with E-state index in [-0.39, 0.29) is 11.0 Å². The van der Waals surface area contributed by atoms with Gasteiger partial charge in [0.15, 0.2) is 0 Å². The van der Waals surface area contributed by atoms with Crippen LogP contribution in [0.5, 0.6) is 0 Å². The lowest BCUT2D eigenvalue weighted by atomic mass is 9.83. The Labute approximate surface area is 116 Å². The topological polar surface area (TPSA) is 12.0 Å². The van der Waals surface area contributed by atoms with Crippen LogP contribution in [0, 0.1) is 5.41 Å². The third kappa shape index (κ3) is 4.83. The summed E-state index contributed by atoms with van der Waals surface area (Å²) in [5.74, 6) is 0. The van der Waals surface area contributed by atoms with Crippen LogP contribution < -0.4 is 5.32 Å². The molecule has 1 aromatic rings. The fourth-order valence-corrected chi connectivity index (χ4v) is 1.95. The van der Waals surface area contributed by atoms with Crippen molar-refractivity contribution in [2.45, 2.75) is 39.7 Å². The number of rotatable bonds is 5. The second-order valence-corrected chi connectivity index (χ2v) is 6.64. The minimum absolute atomic E-state index is 0.0122. The van der Waals surface area contributed by atoms with Crippen molar-refractivity contribution < 1.29 is 0 Å². The van der Waals surface area contributed by atoms with Gasteiger partial charge in [-0.05, 0) is 38.8 Å². The standard InChI is InChI=1S/C16H24ClN/c1-6-16(5,12-18-15(2,3)4)11-13-9-7-8-10-14(13)17/h6-10,18H,1,11-12H2,2-5H3. The second-order valence-electron chi connectivity index (χ2n) is 6.23. The van der Waals surface area contributed by atoms with Crippen LogP contribution in [0.2, 0.25) is 5.02 Å². The van der Waals surface area contributed by atoms with E-state index in [4.69, 9.17) is 11.6 Å². The van der Waals surface area contributed by atoms with E-state index in [2.05, 4.69) is 45.7 Å². The first-order chi connectivity index (χ1) is 8.26.